The molecule has 0 atom stereocenters. The maximum Gasteiger partial charge on any atom is 0.222 e. The molecule has 2 aliphatic rings. The Morgan fingerprint density at radius 3 is 2.54 bits per heavy atom. The van der Waals surface area contributed by atoms with E-state index in [2.05, 4.69) is 41.9 Å². The summed E-state index contributed by atoms with van der Waals surface area (Å²) in [6.45, 7) is 11.4. The average Bonchev–Trinajstić information content (AvgIpc) is 3.10. The van der Waals surface area contributed by atoms with Crippen LogP contribution in [0.1, 0.15) is 70.3 Å². The number of carbonyl (C=O) groups excluding carboxylic acids is 1. The zero-order valence-corrected chi connectivity index (χ0v) is 17.4. The summed E-state index contributed by atoms with van der Waals surface area (Å²) in [5.74, 6) is 1.72. The molecule has 152 valence electrons. The Kier molecular flexibility index (Phi) is 5.36. The first kappa shape index (κ1) is 19.3. The fraction of sp³-hybridized carbons (Fsp3) is 0.714. The Bertz CT molecular complexity index is 831. The van der Waals surface area contributed by atoms with E-state index < -0.39 is 0 Å². The van der Waals surface area contributed by atoms with E-state index in [0.29, 0.717) is 11.8 Å². The van der Waals surface area contributed by atoms with Crippen LogP contribution in [0.5, 0.6) is 0 Å². The largest absolute Gasteiger partial charge is 0.341 e. The number of hydrogen-bond acceptors (Lipinski definition) is 5. The number of hydrogen-bond donors (Lipinski definition) is 0. The van der Waals surface area contributed by atoms with Crippen LogP contribution in [-0.2, 0) is 10.2 Å². The third-order valence-electron chi connectivity index (χ3n) is 6.12. The van der Waals surface area contributed by atoms with Crippen molar-refractivity contribution in [2.45, 2.75) is 64.2 Å². The molecule has 0 spiro atoms. The summed E-state index contributed by atoms with van der Waals surface area (Å²) in [6.07, 6.45) is 5.06. The van der Waals surface area contributed by atoms with E-state index >= 15 is 0 Å². The van der Waals surface area contributed by atoms with E-state index in [4.69, 9.17) is 5.10 Å². The van der Waals surface area contributed by atoms with Crippen molar-refractivity contribution in [1.82, 2.24) is 29.6 Å². The molecule has 0 bridgehead atoms. The molecule has 2 aliphatic heterocycles. The highest BCUT2D eigenvalue weighted by molar-refractivity contribution is 5.76. The van der Waals surface area contributed by atoms with E-state index in [1.807, 2.05) is 15.5 Å². The highest BCUT2D eigenvalue weighted by Gasteiger charge is 2.27. The quantitative estimate of drug-likeness (QED) is 0.811. The van der Waals surface area contributed by atoms with Crippen molar-refractivity contribution in [3.8, 4) is 0 Å². The van der Waals surface area contributed by atoms with E-state index in [0.717, 1.165) is 82.0 Å². The van der Waals surface area contributed by atoms with Crippen LogP contribution in [-0.4, -0.2) is 68.2 Å². The molecular formula is C21H32N6O. The minimum absolute atomic E-state index is 0.00494. The van der Waals surface area contributed by atoms with Gasteiger partial charge in [-0.2, -0.15) is 9.61 Å². The molecule has 0 radical (unpaired) electrons. The van der Waals surface area contributed by atoms with Gasteiger partial charge in [-0.25, -0.2) is 0 Å². The Balaban J connectivity index is 1.38. The summed E-state index contributed by atoms with van der Waals surface area (Å²) in [6, 6.07) is 4.08. The molecule has 0 aromatic carbocycles. The number of aromatic nitrogens is 4. The van der Waals surface area contributed by atoms with E-state index in [1.54, 1.807) is 0 Å². The second-order valence-corrected chi connectivity index (χ2v) is 9.25. The summed E-state index contributed by atoms with van der Waals surface area (Å²) in [7, 11) is 0. The Morgan fingerprint density at radius 1 is 1.04 bits per heavy atom. The molecular weight excluding hydrogens is 352 g/mol. The predicted molar refractivity (Wildman–Crippen MR) is 108 cm³/mol. The molecule has 28 heavy (non-hydrogen) atoms. The SMILES string of the molecule is CC(C)(C)c1ccc2nnc(C3CCN(CCN4CCCCC4=O)CC3)n2n1. The number of fused-ring (bicyclic) bond motifs is 1. The van der Waals surface area contributed by atoms with Gasteiger partial charge in [-0.3, -0.25) is 4.79 Å². The minimum atomic E-state index is 0.00494. The molecule has 0 saturated carbocycles. The summed E-state index contributed by atoms with van der Waals surface area (Å²) in [5.41, 5.74) is 1.89. The minimum Gasteiger partial charge on any atom is -0.341 e. The van der Waals surface area contributed by atoms with Crippen LogP contribution in [0, 0.1) is 0 Å². The van der Waals surface area contributed by atoms with Crippen LogP contribution in [0.25, 0.3) is 5.65 Å². The van der Waals surface area contributed by atoms with Crippen molar-refractivity contribution in [2.75, 3.05) is 32.7 Å². The van der Waals surface area contributed by atoms with E-state index in [-0.39, 0.29) is 5.41 Å². The van der Waals surface area contributed by atoms with Crippen LogP contribution in [0.3, 0.4) is 0 Å². The number of piperidine rings is 2. The standard InChI is InChI=1S/C21H32N6O/c1-21(2,3)17-7-8-18-22-23-20(27(18)24-17)16-9-12-25(13-10-16)14-15-26-11-5-4-6-19(26)28/h7-8,16H,4-6,9-15H2,1-3H3. The fourth-order valence-corrected chi connectivity index (χ4v) is 4.24. The number of amides is 1. The van der Waals surface area contributed by atoms with Gasteiger partial charge in [0, 0.05) is 37.4 Å². The van der Waals surface area contributed by atoms with Crippen LogP contribution in [0.4, 0.5) is 0 Å². The highest BCUT2D eigenvalue weighted by atomic mass is 16.2. The number of nitrogens with zero attached hydrogens (tertiary/aromatic N) is 6. The van der Waals surface area contributed by atoms with Crippen LogP contribution < -0.4 is 0 Å². The maximum absolute atomic E-state index is 12.0. The molecule has 1 amide bonds. The van der Waals surface area contributed by atoms with Crippen molar-refractivity contribution < 1.29 is 4.79 Å². The van der Waals surface area contributed by atoms with Gasteiger partial charge in [0.15, 0.2) is 11.5 Å². The van der Waals surface area contributed by atoms with Crippen LogP contribution in [0.15, 0.2) is 12.1 Å². The molecule has 4 heterocycles. The van der Waals surface area contributed by atoms with Crippen LogP contribution in [0.2, 0.25) is 0 Å². The summed E-state index contributed by atoms with van der Waals surface area (Å²) in [5, 5.41) is 13.7. The molecule has 7 nitrogen and oxygen atoms in total. The molecule has 4 rings (SSSR count). The van der Waals surface area contributed by atoms with Crippen molar-refractivity contribution >= 4 is 11.6 Å². The molecule has 2 aromatic heterocycles. The Labute approximate surface area is 167 Å². The van der Waals surface area contributed by atoms with Gasteiger partial charge in [-0.15, -0.1) is 10.2 Å². The Morgan fingerprint density at radius 2 is 1.82 bits per heavy atom. The lowest BCUT2D eigenvalue weighted by atomic mass is 9.92. The van der Waals surface area contributed by atoms with Gasteiger partial charge in [-0.1, -0.05) is 20.8 Å². The van der Waals surface area contributed by atoms with E-state index in [1.165, 1.54) is 0 Å². The zero-order valence-electron chi connectivity index (χ0n) is 17.4. The molecule has 2 aromatic rings. The number of rotatable bonds is 4. The lowest BCUT2D eigenvalue weighted by molar-refractivity contribution is -0.133. The van der Waals surface area contributed by atoms with Gasteiger partial charge in [0.25, 0.3) is 0 Å². The second kappa shape index (κ2) is 7.78. The summed E-state index contributed by atoms with van der Waals surface area (Å²) in [4.78, 5) is 16.5. The third-order valence-corrected chi connectivity index (χ3v) is 6.12. The molecule has 2 fully saturated rings. The highest BCUT2D eigenvalue weighted by Crippen LogP contribution is 2.28. The van der Waals surface area contributed by atoms with Crippen molar-refractivity contribution in [3.05, 3.63) is 23.7 Å². The number of likely N-dealkylation sites (tertiary alicyclic amines) is 2. The Hall–Kier alpha value is -2.02. The van der Waals surface area contributed by atoms with Crippen molar-refractivity contribution in [1.29, 1.82) is 0 Å². The van der Waals surface area contributed by atoms with Gasteiger partial charge in [0.1, 0.15) is 0 Å². The van der Waals surface area contributed by atoms with Crippen molar-refractivity contribution in [3.63, 3.8) is 0 Å². The van der Waals surface area contributed by atoms with Crippen molar-refractivity contribution in [2.24, 2.45) is 0 Å². The smallest absolute Gasteiger partial charge is 0.222 e. The lowest BCUT2D eigenvalue weighted by Crippen LogP contribution is -2.43. The first-order valence-electron chi connectivity index (χ1n) is 10.6. The van der Waals surface area contributed by atoms with E-state index in [9.17, 15) is 4.79 Å². The zero-order chi connectivity index (χ0) is 19.7. The molecule has 0 unspecified atom stereocenters. The van der Waals surface area contributed by atoms with Gasteiger partial charge >= 0.3 is 0 Å². The molecule has 0 N–H and O–H groups in total. The normalized spacial score (nSPS) is 20.2. The summed E-state index contributed by atoms with van der Waals surface area (Å²) < 4.78 is 1.95. The number of carbonyl (C=O) groups is 1. The molecule has 7 heteroatoms. The topological polar surface area (TPSA) is 66.6 Å². The molecule has 2 saturated heterocycles. The first-order chi connectivity index (χ1) is 13.4. The monoisotopic (exact) mass is 384 g/mol. The predicted octanol–water partition coefficient (Wildman–Crippen LogP) is 2.61. The third kappa shape index (κ3) is 4.04. The maximum atomic E-state index is 12.0. The first-order valence-corrected chi connectivity index (χ1v) is 10.6. The van der Waals surface area contributed by atoms with Gasteiger partial charge in [-0.05, 0) is 50.9 Å². The van der Waals surface area contributed by atoms with Gasteiger partial charge in [0.2, 0.25) is 5.91 Å². The molecule has 0 aliphatic carbocycles. The average molecular weight is 385 g/mol. The lowest BCUT2D eigenvalue weighted by Gasteiger charge is -2.34. The fourth-order valence-electron chi connectivity index (χ4n) is 4.24. The summed E-state index contributed by atoms with van der Waals surface area (Å²) >= 11 is 0. The van der Waals surface area contributed by atoms with Gasteiger partial charge < -0.3 is 9.80 Å². The second-order valence-electron chi connectivity index (χ2n) is 9.25. The van der Waals surface area contributed by atoms with Crippen LogP contribution >= 0.6 is 0 Å². The van der Waals surface area contributed by atoms with Gasteiger partial charge in [0.05, 0.1) is 5.69 Å².